The van der Waals surface area contributed by atoms with Crippen LogP contribution in [0, 0.1) is 0 Å². The molecule has 0 saturated heterocycles. The van der Waals surface area contributed by atoms with Gasteiger partial charge in [-0.05, 0) is 19.3 Å². The summed E-state index contributed by atoms with van der Waals surface area (Å²) in [5.74, 6) is 0.143. The fourth-order valence-electron chi connectivity index (χ4n) is 1.43. The number of hydrogen-bond donors (Lipinski definition) is 2. The van der Waals surface area contributed by atoms with Crippen molar-refractivity contribution in [3.8, 4) is 0 Å². The highest BCUT2D eigenvalue weighted by Gasteiger charge is 2.22. The SMILES string of the molecule is CCC(COC)NS(=O)(=O)CCNC1CC1. The molecule has 1 rings (SSSR count). The van der Waals surface area contributed by atoms with E-state index in [1.807, 2.05) is 6.92 Å². The first-order chi connectivity index (χ1) is 7.57. The van der Waals surface area contributed by atoms with Crippen LogP contribution < -0.4 is 10.0 Å². The highest BCUT2D eigenvalue weighted by Crippen LogP contribution is 2.17. The van der Waals surface area contributed by atoms with Gasteiger partial charge in [-0.15, -0.1) is 0 Å². The van der Waals surface area contributed by atoms with Gasteiger partial charge in [0, 0.05) is 25.7 Å². The lowest BCUT2D eigenvalue weighted by atomic mass is 10.3. The van der Waals surface area contributed by atoms with Crippen molar-refractivity contribution in [2.24, 2.45) is 0 Å². The summed E-state index contributed by atoms with van der Waals surface area (Å²) in [6.07, 6.45) is 3.09. The van der Waals surface area contributed by atoms with Crippen molar-refractivity contribution in [1.82, 2.24) is 10.0 Å². The molecule has 0 aromatic carbocycles. The van der Waals surface area contributed by atoms with Crippen LogP contribution >= 0.6 is 0 Å². The highest BCUT2D eigenvalue weighted by molar-refractivity contribution is 7.89. The Morgan fingerprint density at radius 2 is 2.12 bits per heavy atom. The lowest BCUT2D eigenvalue weighted by Crippen LogP contribution is -2.41. The number of nitrogens with one attached hydrogen (secondary N) is 2. The van der Waals surface area contributed by atoms with E-state index < -0.39 is 10.0 Å². The van der Waals surface area contributed by atoms with Gasteiger partial charge in [0.15, 0.2) is 0 Å². The summed E-state index contributed by atoms with van der Waals surface area (Å²) in [6, 6.07) is 0.437. The van der Waals surface area contributed by atoms with E-state index in [4.69, 9.17) is 4.74 Å². The van der Waals surface area contributed by atoms with Crippen LogP contribution in [0.5, 0.6) is 0 Å². The Balaban J connectivity index is 2.24. The molecule has 1 saturated carbocycles. The molecule has 16 heavy (non-hydrogen) atoms. The molecule has 6 heteroatoms. The Labute approximate surface area is 98.0 Å². The summed E-state index contributed by atoms with van der Waals surface area (Å²) >= 11 is 0. The molecule has 1 aliphatic rings. The third-order valence-corrected chi connectivity index (χ3v) is 4.02. The zero-order valence-electron chi connectivity index (χ0n) is 10.0. The molecule has 96 valence electrons. The van der Waals surface area contributed by atoms with E-state index in [2.05, 4.69) is 10.0 Å². The zero-order chi connectivity index (χ0) is 12.0. The van der Waals surface area contributed by atoms with Gasteiger partial charge in [0.25, 0.3) is 0 Å². The quantitative estimate of drug-likeness (QED) is 0.608. The van der Waals surface area contributed by atoms with E-state index in [0.717, 1.165) is 6.42 Å². The molecule has 2 N–H and O–H groups in total. The minimum atomic E-state index is -3.18. The Hall–Kier alpha value is -0.170. The van der Waals surface area contributed by atoms with Gasteiger partial charge >= 0.3 is 0 Å². The van der Waals surface area contributed by atoms with Crippen molar-refractivity contribution >= 4 is 10.0 Å². The average Bonchev–Trinajstić information content (AvgIpc) is 3.00. The van der Waals surface area contributed by atoms with Gasteiger partial charge in [-0.3, -0.25) is 0 Å². The minimum absolute atomic E-state index is 0.115. The average molecular weight is 250 g/mol. The molecule has 0 bridgehead atoms. The fraction of sp³-hybridized carbons (Fsp3) is 1.00. The van der Waals surface area contributed by atoms with E-state index in [-0.39, 0.29) is 11.8 Å². The Bertz CT molecular complexity index is 288. The standard InChI is InChI=1S/C10H22N2O3S/c1-3-9(8-15-2)12-16(13,14)7-6-11-10-4-5-10/h9-12H,3-8H2,1-2H3. The number of hydrogen-bond acceptors (Lipinski definition) is 4. The molecule has 1 unspecified atom stereocenters. The van der Waals surface area contributed by atoms with Crippen LogP contribution in [0.4, 0.5) is 0 Å². The summed E-state index contributed by atoms with van der Waals surface area (Å²) in [4.78, 5) is 0. The van der Waals surface area contributed by atoms with Crippen LogP contribution in [-0.2, 0) is 14.8 Å². The van der Waals surface area contributed by atoms with Crippen molar-refractivity contribution < 1.29 is 13.2 Å². The van der Waals surface area contributed by atoms with Crippen LogP contribution in [0.25, 0.3) is 0 Å². The predicted molar refractivity (Wildman–Crippen MR) is 63.9 cm³/mol. The molecule has 1 atom stereocenters. The van der Waals surface area contributed by atoms with Gasteiger partial charge in [-0.1, -0.05) is 6.92 Å². The molecule has 1 aliphatic carbocycles. The van der Waals surface area contributed by atoms with E-state index in [1.54, 1.807) is 7.11 Å². The van der Waals surface area contributed by atoms with Gasteiger partial charge in [-0.2, -0.15) is 0 Å². The third kappa shape index (κ3) is 5.79. The molecular formula is C10H22N2O3S. The maximum atomic E-state index is 11.7. The summed E-state index contributed by atoms with van der Waals surface area (Å²) in [6.45, 7) is 2.89. The first-order valence-corrected chi connectivity index (χ1v) is 7.45. The van der Waals surface area contributed by atoms with E-state index >= 15 is 0 Å². The van der Waals surface area contributed by atoms with E-state index in [0.29, 0.717) is 19.2 Å². The molecule has 5 nitrogen and oxygen atoms in total. The molecule has 0 aliphatic heterocycles. The minimum Gasteiger partial charge on any atom is -0.383 e. The normalized spacial score (nSPS) is 18.6. The maximum absolute atomic E-state index is 11.7. The summed E-state index contributed by atoms with van der Waals surface area (Å²) in [7, 11) is -1.60. The van der Waals surface area contributed by atoms with Crippen molar-refractivity contribution in [1.29, 1.82) is 0 Å². The first-order valence-electron chi connectivity index (χ1n) is 5.79. The molecule has 0 aromatic rings. The lowest BCUT2D eigenvalue weighted by molar-refractivity contribution is 0.173. The van der Waals surface area contributed by atoms with Crippen LogP contribution in [0.2, 0.25) is 0 Å². The van der Waals surface area contributed by atoms with Gasteiger partial charge in [0.05, 0.1) is 12.4 Å². The monoisotopic (exact) mass is 250 g/mol. The molecule has 0 spiro atoms. The first kappa shape index (κ1) is 13.9. The molecule has 0 radical (unpaired) electrons. The second-order valence-corrected chi connectivity index (χ2v) is 6.10. The van der Waals surface area contributed by atoms with Gasteiger partial charge in [-0.25, -0.2) is 13.1 Å². The summed E-state index contributed by atoms with van der Waals surface area (Å²) in [5, 5.41) is 3.19. The Kier molecular flexibility index (Phi) is 5.68. The lowest BCUT2D eigenvalue weighted by Gasteiger charge is -2.16. The molecular weight excluding hydrogens is 228 g/mol. The van der Waals surface area contributed by atoms with Gasteiger partial charge in [0.2, 0.25) is 10.0 Å². The van der Waals surface area contributed by atoms with Crippen molar-refractivity contribution in [2.45, 2.75) is 38.3 Å². The molecule has 0 amide bonds. The smallest absolute Gasteiger partial charge is 0.213 e. The van der Waals surface area contributed by atoms with Crippen LogP contribution in [-0.4, -0.2) is 46.5 Å². The molecule has 1 fully saturated rings. The summed E-state index contributed by atoms with van der Waals surface area (Å²) < 4.78 is 30.9. The molecule has 0 heterocycles. The Morgan fingerprint density at radius 1 is 1.44 bits per heavy atom. The van der Waals surface area contributed by atoms with Crippen LogP contribution in [0.3, 0.4) is 0 Å². The largest absolute Gasteiger partial charge is 0.383 e. The van der Waals surface area contributed by atoms with Crippen LogP contribution in [0.1, 0.15) is 26.2 Å². The zero-order valence-corrected chi connectivity index (χ0v) is 10.8. The van der Waals surface area contributed by atoms with Crippen molar-refractivity contribution in [3.05, 3.63) is 0 Å². The fourth-order valence-corrected chi connectivity index (χ4v) is 2.68. The molecule has 0 aromatic heterocycles. The van der Waals surface area contributed by atoms with E-state index in [1.165, 1.54) is 12.8 Å². The number of sulfonamides is 1. The topological polar surface area (TPSA) is 67.4 Å². The van der Waals surface area contributed by atoms with Gasteiger partial charge < -0.3 is 10.1 Å². The maximum Gasteiger partial charge on any atom is 0.213 e. The highest BCUT2D eigenvalue weighted by atomic mass is 32.2. The number of rotatable bonds is 9. The van der Waals surface area contributed by atoms with E-state index in [9.17, 15) is 8.42 Å². The number of ether oxygens (including phenoxy) is 1. The number of methoxy groups -OCH3 is 1. The van der Waals surface area contributed by atoms with Crippen molar-refractivity contribution in [3.63, 3.8) is 0 Å². The van der Waals surface area contributed by atoms with Gasteiger partial charge in [0.1, 0.15) is 0 Å². The summed E-state index contributed by atoms with van der Waals surface area (Å²) in [5.41, 5.74) is 0. The second-order valence-electron chi connectivity index (χ2n) is 4.23. The third-order valence-electron chi connectivity index (χ3n) is 2.59. The predicted octanol–water partition coefficient (Wildman–Crippen LogP) is 0.0828. The van der Waals surface area contributed by atoms with Crippen molar-refractivity contribution in [2.75, 3.05) is 26.0 Å². The van der Waals surface area contributed by atoms with Crippen LogP contribution in [0.15, 0.2) is 0 Å². The second kappa shape index (κ2) is 6.54. The Morgan fingerprint density at radius 3 is 2.62 bits per heavy atom.